The summed E-state index contributed by atoms with van der Waals surface area (Å²) in [5.74, 6) is 0.0361. The Morgan fingerprint density at radius 1 is 1.29 bits per heavy atom. The molecule has 0 aliphatic rings. The molecule has 0 spiro atoms. The van der Waals surface area contributed by atoms with E-state index in [1.165, 1.54) is 5.56 Å². The van der Waals surface area contributed by atoms with E-state index in [0.717, 1.165) is 12.0 Å². The maximum atomic E-state index is 11.9. The van der Waals surface area contributed by atoms with Gasteiger partial charge in [0.25, 0.3) is 0 Å². The smallest absolute Gasteiger partial charge is 0.220 e. The van der Waals surface area contributed by atoms with Crippen molar-refractivity contribution in [1.29, 1.82) is 0 Å². The van der Waals surface area contributed by atoms with Crippen LogP contribution in [0.3, 0.4) is 0 Å². The summed E-state index contributed by atoms with van der Waals surface area (Å²) in [5.41, 5.74) is 2.09. The molecular weight excluding hydrogens is 282 g/mol. The first-order chi connectivity index (χ1) is 10.1. The van der Waals surface area contributed by atoms with E-state index in [4.69, 9.17) is 0 Å². The molecule has 0 aliphatic heterocycles. The number of benzene rings is 1. The second-order valence-corrected chi connectivity index (χ2v) is 6.04. The van der Waals surface area contributed by atoms with Crippen molar-refractivity contribution >= 4 is 17.2 Å². The van der Waals surface area contributed by atoms with Gasteiger partial charge < -0.3 is 10.4 Å². The Labute approximate surface area is 129 Å². The maximum absolute atomic E-state index is 11.9. The van der Waals surface area contributed by atoms with Crippen LogP contribution < -0.4 is 5.32 Å². The number of hydrogen-bond acceptors (Lipinski definition) is 3. The minimum absolute atomic E-state index is 0.0361. The lowest BCUT2D eigenvalue weighted by Crippen LogP contribution is -2.33. The second kappa shape index (κ2) is 7.96. The van der Waals surface area contributed by atoms with Crippen molar-refractivity contribution in [1.82, 2.24) is 5.32 Å². The summed E-state index contributed by atoms with van der Waals surface area (Å²) in [6.07, 6.45) is 1.23. The average Bonchev–Trinajstić information content (AvgIpc) is 2.99. The summed E-state index contributed by atoms with van der Waals surface area (Å²) in [7, 11) is 0. The largest absolute Gasteiger partial charge is 0.388 e. The number of nitrogens with one attached hydrogen (secondary N) is 1. The fourth-order valence-electron chi connectivity index (χ4n) is 2.24. The lowest BCUT2D eigenvalue weighted by atomic mass is 10.0. The first kappa shape index (κ1) is 15.7. The summed E-state index contributed by atoms with van der Waals surface area (Å²) in [5, 5.41) is 17.2. The summed E-state index contributed by atoms with van der Waals surface area (Å²) >= 11 is 1.65. The van der Waals surface area contributed by atoms with E-state index < -0.39 is 6.10 Å². The summed E-state index contributed by atoms with van der Waals surface area (Å²) in [6, 6.07) is 11.5. The summed E-state index contributed by atoms with van der Waals surface area (Å²) in [6.45, 7) is 1.93. The van der Waals surface area contributed by atoms with Crippen LogP contribution in [0.4, 0.5) is 0 Å². The summed E-state index contributed by atoms with van der Waals surface area (Å²) in [4.78, 5) is 11.9. The highest BCUT2D eigenvalue weighted by Gasteiger charge is 2.14. The number of hydrogen-bond donors (Lipinski definition) is 2. The van der Waals surface area contributed by atoms with Crippen molar-refractivity contribution in [3.63, 3.8) is 0 Å². The lowest BCUT2D eigenvalue weighted by molar-refractivity contribution is -0.121. The predicted molar refractivity (Wildman–Crippen MR) is 86.3 cm³/mol. The molecule has 0 saturated carbocycles. The topological polar surface area (TPSA) is 49.3 Å². The van der Waals surface area contributed by atoms with Gasteiger partial charge in [-0.25, -0.2) is 0 Å². The first-order valence-electron chi connectivity index (χ1n) is 7.18. The van der Waals surface area contributed by atoms with Gasteiger partial charge in [0.15, 0.2) is 0 Å². The van der Waals surface area contributed by atoms with Crippen molar-refractivity contribution in [3.05, 3.63) is 58.3 Å². The van der Waals surface area contributed by atoms with Crippen LogP contribution in [0.25, 0.3) is 0 Å². The zero-order chi connectivity index (χ0) is 15.1. The van der Waals surface area contributed by atoms with Gasteiger partial charge in [-0.15, -0.1) is 0 Å². The van der Waals surface area contributed by atoms with E-state index in [0.29, 0.717) is 12.8 Å². The molecular formula is C17H21NO2S. The Balaban J connectivity index is 1.73. The molecule has 1 aromatic heterocycles. The van der Waals surface area contributed by atoms with Gasteiger partial charge in [0.1, 0.15) is 0 Å². The van der Waals surface area contributed by atoms with Gasteiger partial charge in [0.2, 0.25) is 5.91 Å². The molecule has 1 aromatic carbocycles. The minimum Gasteiger partial charge on any atom is -0.388 e. The number of aliphatic hydroxyl groups is 1. The van der Waals surface area contributed by atoms with Gasteiger partial charge in [0.05, 0.1) is 6.10 Å². The number of aryl methyl sites for hydroxylation is 1. The average molecular weight is 303 g/mol. The third kappa shape index (κ3) is 5.33. The third-order valence-corrected chi connectivity index (χ3v) is 4.12. The van der Waals surface area contributed by atoms with E-state index in [1.54, 1.807) is 11.3 Å². The fraction of sp³-hybridized carbons (Fsp3) is 0.353. The van der Waals surface area contributed by atoms with Gasteiger partial charge in [-0.05, 0) is 47.7 Å². The van der Waals surface area contributed by atoms with E-state index in [9.17, 15) is 9.90 Å². The molecule has 0 fully saturated rings. The molecule has 3 nitrogen and oxygen atoms in total. The molecule has 2 aromatic rings. The Morgan fingerprint density at radius 3 is 2.71 bits per heavy atom. The van der Waals surface area contributed by atoms with Gasteiger partial charge in [-0.2, -0.15) is 11.3 Å². The highest BCUT2D eigenvalue weighted by atomic mass is 32.1. The van der Waals surface area contributed by atoms with Gasteiger partial charge in [-0.3, -0.25) is 4.79 Å². The quantitative estimate of drug-likeness (QED) is 0.824. The Hall–Kier alpha value is -1.65. The van der Waals surface area contributed by atoms with Gasteiger partial charge in [0, 0.05) is 12.5 Å². The second-order valence-electron chi connectivity index (χ2n) is 5.26. The van der Waals surface area contributed by atoms with Crippen molar-refractivity contribution in [2.24, 2.45) is 0 Å². The highest BCUT2D eigenvalue weighted by Crippen LogP contribution is 2.17. The number of thiophene rings is 1. The zero-order valence-electron chi connectivity index (χ0n) is 12.2. The molecule has 21 heavy (non-hydrogen) atoms. The molecule has 0 saturated heterocycles. The zero-order valence-corrected chi connectivity index (χ0v) is 13.0. The van der Waals surface area contributed by atoms with Crippen molar-refractivity contribution < 1.29 is 9.90 Å². The van der Waals surface area contributed by atoms with E-state index >= 15 is 0 Å². The Kier molecular flexibility index (Phi) is 5.96. The lowest BCUT2D eigenvalue weighted by Gasteiger charge is -2.18. The van der Waals surface area contributed by atoms with Crippen molar-refractivity contribution in [2.45, 2.75) is 38.3 Å². The van der Waals surface area contributed by atoms with Crippen molar-refractivity contribution in [3.8, 4) is 0 Å². The fourth-order valence-corrected chi connectivity index (χ4v) is 2.95. The van der Waals surface area contributed by atoms with Gasteiger partial charge >= 0.3 is 0 Å². The number of aliphatic hydroxyl groups excluding tert-OH is 1. The number of carbonyl (C=O) groups is 1. The molecule has 2 unspecified atom stereocenters. The Bertz CT molecular complexity index is 539. The van der Waals surface area contributed by atoms with E-state index in [-0.39, 0.29) is 11.9 Å². The molecule has 2 atom stereocenters. The number of rotatable bonds is 7. The first-order valence-corrected chi connectivity index (χ1v) is 8.13. The maximum Gasteiger partial charge on any atom is 0.220 e. The highest BCUT2D eigenvalue weighted by molar-refractivity contribution is 7.07. The van der Waals surface area contributed by atoms with Crippen LogP contribution in [0.15, 0.2) is 47.2 Å². The predicted octanol–water partition coefficient (Wildman–Crippen LogP) is 3.31. The SMILES string of the molecule is CC(CC(O)c1ccccc1)NC(=O)CCc1ccsc1. The van der Waals surface area contributed by atoms with Crippen LogP contribution in [-0.4, -0.2) is 17.1 Å². The number of amides is 1. The molecule has 1 amide bonds. The number of carbonyl (C=O) groups excluding carboxylic acids is 1. The van der Waals surface area contributed by atoms with Crippen LogP contribution in [0.2, 0.25) is 0 Å². The van der Waals surface area contributed by atoms with Crippen LogP contribution in [0.5, 0.6) is 0 Å². The third-order valence-electron chi connectivity index (χ3n) is 3.39. The standard InChI is InChI=1S/C17H21NO2S/c1-13(11-16(19)15-5-3-2-4-6-15)18-17(20)8-7-14-9-10-21-12-14/h2-6,9-10,12-13,16,19H,7-8,11H2,1H3,(H,18,20). The van der Waals surface area contributed by atoms with Crippen LogP contribution in [0, 0.1) is 0 Å². The van der Waals surface area contributed by atoms with Crippen LogP contribution in [0.1, 0.15) is 37.0 Å². The molecule has 1 heterocycles. The molecule has 112 valence electrons. The minimum atomic E-state index is -0.543. The molecule has 0 bridgehead atoms. The monoisotopic (exact) mass is 303 g/mol. The van der Waals surface area contributed by atoms with E-state index in [1.807, 2.05) is 48.7 Å². The van der Waals surface area contributed by atoms with Crippen molar-refractivity contribution in [2.75, 3.05) is 0 Å². The molecule has 4 heteroatoms. The molecule has 2 N–H and O–H groups in total. The molecule has 0 radical (unpaired) electrons. The molecule has 0 aliphatic carbocycles. The van der Waals surface area contributed by atoms with Crippen LogP contribution in [-0.2, 0) is 11.2 Å². The van der Waals surface area contributed by atoms with Gasteiger partial charge in [-0.1, -0.05) is 30.3 Å². The molecule has 2 rings (SSSR count). The Morgan fingerprint density at radius 2 is 2.05 bits per heavy atom. The van der Waals surface area contributed by atoms with E-state index in [2.05, 4.69) is 10.7 Å². The summed E-state index contributed by atoms with van der Waals surface area (Å²) < 4.78 is 0. The normalized spacial score (nSPS) is 13.6. The van der Waals surface area contributed by atoms with Crippen LogP contribution >= 0.6 is 11.3 Å².